The number of nitrogens with two attached hydrogens (primary N) is 1. The molecule has 0 aliphatic heterocycles. The van der Waals surface area contributed by atoms with Crippen LogP contribution in [0.25, 0.3) is 0 Å². The Morgan fingerprint density at radius 1 is 1.21 bits per heavy atom. The number of nitrogens with zero attached hydrogens (tertiary/aromatic N) is 2. The Labute approximate surface area is 86.3 Å². The van der Waals surface area contributed by atoms with E-state index in [1.165, 1.54) is 0 Å². The summed E-state index contributed by atoms with van der Waals surface area (Å²) in [4.78, 5) is 0. The van der Waals surface area contributed by atoms with Gasteiger partial charge in [-0.2, -0.15) is 5.10 Å². The van der Waals surface area contributed by atoms with E-state index >= 15 is 0 Å². The molecule has 14 heavy (non-hydrogen) atoms. The predicted molar refractivity (Wildman–Crippen MR) is 59.3 cm³/mol. The van der Waals surface area contributed by atoms with Gasteiger partial charge in [-0.3, -0.25) is 4.68 Å². The molecule has 2 N–H and O–H groups in total. The Kier molecular flexibility index (Phi) is 3.32. The van der Waals surface area contributed by atoms with Gasteiger partial charge < -0.3 is 5.73 Å². The second-order valence-corrected chi connectivity index (χ2v) is 4.48. The van der Waals surface area contributed by atoms with Crippen molar-refractivity contribution in [1.82, 2.24) is 9.78 Å². The van der Waals surface area contributed by atoms with Crippen LogP contribution in [-0.2, 0) is 0 Å². The first kappa shape index (κ1) is 11.2. The quantitative estimate of drug-likeness (QED) is 0.805. The summed E-state index contributed by atoms with van der Waals surface area (Å²) in [5.41, 5.74) is 8.16. The highest BCUT2D eigenvalue weighted by molar-refractivity contribution is 5.16. The Balaban J connectivity index is 3.12. The van der Waals surface area contributed by atoms with Crippen LogP contribution < -0.4 is 5.73 Å². The summed E-state index contributed by atoms with van der Waals surface area (Å²) in [7, 11) is 0. The maximum Gasteiger partial charge on any atom is 0.0653 e. The van der Waals surface area contributed by atoms with Gasteiger partial charge in [0.2, 0.25) is 0 Å². The molecule has 0 fully saturated rings. The molecule has 0 bridgehead atoms. The second kappa shape index (κ2) is 4.13. The third-order valence-corrected chi connectivity index (χ3v) is 2.33. The van der Waals surface area contributed by atoms with E-state index in [1.807, 2.05) is 11.6 Å². The molecule has 0 aromatic carbocycles. The average molecular weight is 195 g/mol. The SMILES string of the molecule is CC(C)c1cc([C@H](C)N)n(C(C)C)n1. The number of hydrogen-bond acceptors (Lipinski definition) is 2. The summed E-state index contributed by atoms with van der Waals surface area (Å²) < 4.78 is 2.03. The second-order valence-electron chi connectivity index (χ2n) is 4.48. The highest BCUT2D eigenvalue weighted by atomic mass is 15.3. The molecule has 0 amide bonds. The van der Waals surface area contributed by atoms with Crippen molar-refractivity contribution < 1.29 is 0 Å². The van der Waals surface area contributed by atoms with Gasteiger partial charge in [-0.05, 0) is 32.8 Å². The molecular weight excluding hydrogens is 174 g/mol. The standard InChI is InChI=1S/C11H21N3/c1-7(2)10-6-11(9(5)12)14(13-10)8(3)4/h6-9H,12H2,1-5H3/t9-/m0/s1. The minimum absolute atomic E-state index is 0.0531. The maximum absolute atomic E-state index is 5.90. The largest absolute Gasteiger partial charge is 0.323 e. The number of rotatable bonds is 3. The molecule has 1 rings (SSSR count). The van der Waals surface area contributed by atoms with Crippen LogP contribution in [0, 0.1) is 0 Å². The lowest BCUT2D eigenvalue weighted by atomic mass is 10.1. The number of hydrogen-bond donors (Lipinski definition) is 1. The molecule has 0 aliphatic rings. The first-order chi connectivity index (χ1) is 6.43. The zero-order chi connectivity index (χ0) is 10.9. The molecule has 1 heterocycles. The van der Waals surface area contributed by atoms with Gasteiger partial charge in [0, 0.05) is 12.1 Å². The van der Waals surface area contributed by atoms with Crippen LogP contribution in [0.15, 0.2) is 6.07 Å². The van der Waals surface area contributed by atoms with Gasteiger partial charge in [-0.25, -0.2) is 0 Å². The highest BCUT2D eigenvalue weighted by Crippen LogP contribution is 2.21. The van der Waals surface area contributed by atoms with E-state index in [2.05, 4.69) is 38.9 Å². The van der Waals surface area contributed by atoms with Crippen molar-refractivity contribution in [1.29, 1.82) is 0 Å². The Morgan fingerprint density at radius 3 is 2.07 bits per heavy atom. The third-order valence-electron chi connectivity index (χ3n) is 2.33. The van der Waals surface area contributed by atoms with E-state index in [4.69, 9.17) is 5.73 Å². The van der Waals surface area contributed by atoms with Crippen molar-refractivity contribution in [3.8, 4) is 0 Å². The van der Waals surface area contributed by atoms with Gasteiger partial charge in [0.25, 0.3) is 0 Å². The van der Waals surface area contributed by atoms with Crippen LogP contribution in [0.4, 0.5) is 0 Å². The fourth-order valence-corrected chi connectivity index (χ4v) is 1.46. The van der Waals surface area contributed by atoms with Gasteiger partial charge in [-0.1, -0.05) is 13.8 Å². The van der Waals surface area contributed by atoms with Crippen LogP contribution >= 0.6 is 0 Å². The van der Waals surface area contributed by atoms with Crippen molar-refractivity contribution in [2.24, 2.45) is 5.73 Å². The van der Waals surface area contributed by atoms with Crippen LogP contribution in [0.2, 0.25) is 0 Å². The first-order valence-corrected chi connectivity index (χ1v) is 5.28. The topological polar surface area (TPSA) is 43.8 Å². The van der Waals surface area contributed by atoms with E-state index in [9.17, 15) is 0 Å². The van der Waals surface area contributed by atoms with Gasteiger partial charge in [0.1, 0.15) is 0 Å². The summed E-state index contributed by atoms with van der Waals surface area (Å²) in [6.45, 7) is 10.6. The fraction of sp³-hybridized carbons (Fsp3) is 0.727. The molecule has 1 aromatic heterocycles. The summed E-state index contributed by atoms with van der Waals surface area (Å²) in [6.07, 6.45) is 0. The molecule has 0 aliphatic carbocycles. The molecule has 1 atom stereocenters. The molecule has 0 unspecified atom stereocenters. The molecule has 80 valence electrons. The average Bonchev–Trinajstić information content (AvgIpc) is 2.47. The summed E-state index contributed by atoms with van der Waals surface area (Å²) in [6, 6.07) is 2.55. The van der Waals surface area contributed by atoms with Crippen molar-refractivity contribution >= 4 is 0 Å². The van der Waals surface area contributed by atoms with Crippen molar-refractivity contribution in [3.63, 3.8) is 0 Å². The highest BCUT2D eigenvalue weighted by Gasteiger charge is 2.14. The van der Waals surface area contributed by atoms with Gasteiger partial charge in [0.15, 0.2) is 0 Å². The molecule has 0 spiro atoms. The van der Waals surface area contributed by atoms with Crippen molar-refractivity contribution in [2.45, 2.75) is 52.6 Å². The minimum Gasteiger partial charge on any atom is -0.323 e. The smallest absolute Gasteiger partial charge is 0.0653 e. The molecular formula is C11H21N3. The van der Waals surface area contributed by atoms with Crippen LogP contribution in [0.3, 0.4) is 0 Å². The maximum atomic E-state index is 5.90. The van der Waals surface area contributed by atoms with Gasteiger partial charge in [-0.15, -0.1) is 0 Å². The predicted octanol–water partition coefficient (Wildman–Crippen LogP) is 2.61. The lowest BCUT2D eigenvalue weighted by Gasteiger charge is -2.12. The van der Waals surface area contributed by atoms with Crippen LogP contribution in [-0.4, -0.2) is 9.78 Å². The summed E-state index contributed by atoms with van der Waals surface area (Å²) >= 11 is 0. The zero-order valence-electron chi connectivity index (χ0n) is 9.78. The Bertz CT molecular complexity index is 272. The van der Waals surface area contributed by atoms with E-state index < -0.39 is 0 Å². The third kappa shape index (κ3) is 2.15. The van der Waals surface area contributed by atoms with Gasteiger partial charge >= 0.3 is 0 Å². The zero-order valence-corrected chi connectivity index (χ0v) is 9.78. The van der Waals surface area contributed by atoms with Crippen LogP contribution in [0.1, 0.15) is 64.0 Å². The Morgan fingerprint density at radius 2 is 1.79 bits per heavy atom. The molecule has 0 radical (unpaired) electrons. The molecule has 0 saturated heterocycles. The van der Waals surface area contributed by atoms with E-state index in [-0.39, 0.29) is 6.04 Å². The van der Waals surface area contributed by atoms with Crippen LogP contribution in [0.5, 0.6) is 0 Å². The van der Waals surface area contributed by atoms with E-state index in [0.717, 1.165) is 11.4 Å². The molecule has 0 saturated carbocycles. The summed E-state index contributed by atoms with van der Waals surface area (Å²) in [5.74, 6) is 0.465. The monoisotopic (exact) mass is 195 g/mol. The molecule has 3 nitrogen and oxygen atoms in total. The summed E-state index contributed by atoms with van der Waals surface area (Å²) in [5, 5.41) is 4.57. The minimum atomic E-state index is 0.0531. The Hall–Kier alpha value is -0.830. The van der Waals surface area contributed by atoms with Crippen molar-refractivity contribution in [3.05, 3.63) is 17.5 Å². The fourth-order valence-electron chi connectivity index (χ4n) is 1.46. The number of aromatic nitrogens is 2. The van der Waals surface area contributed by atoms with E-state index in [1.54, 1.807) is 0 Å². The van der Waals surface area contributed by atoms with Crippen molar-refractivity contribution in [2.75, 3.05) is 0 Å². The normalized spacial score (nSPS) is 14.0. The van der Waals surface area contributed by atoms with Gasteiger partial charge in [0.05, 0.1) is 11.4 Å². The lowest BCUT2D eigenvalue weighted by Crippen LogP contribution is -2.14. The molecule has 3 heteroatoms. The first-order valence-electron chi connectivity index (χ1n) is 5.28. The van der Waals surface area contributed by atoms with E-state index in [0.29, 0.717) is 12.0 Å². The molecule has 1 aromatic rings. The lowest BCUT2D eigenvalue weighted by molar-refractivity contribution is 0.488.